The van der Waals surface area contributed by atoms with Crippen LogP contribution in [0.5, 0.6) is 0 Å². The molecule has 15 heavy (non-hydrogen) atoms. The molecule has 0 unspecified atom stereocenters. The number of halogens is 3. The molecule has 0 saturated carbocycles. The van der Waals surface area contributed by atoms with E-state index in [0.717, 1.165) is 6.07 Å². The van der Waals surface area contributed by atoms with Gasteiger partial charge in [-0.1, -0.05) is 0 Å². The van der Waals surface area contributed by atoms with Crippen LogP contribution in [0.15, 0.2) is 12.1 Å². The summed E-state index contributed by atoms with van der Waals surface area (Å²) in [5.74, 6) is -0.674. The van der Waals surface area contributed by atoms with Gasteiger partial charge in [-0.05, 0) is 6.42 Å². The molecule has 1 aromatic carbocycles. The zero-order valence-electron chi connectivity index (χ0n) is 7.99. The first kappa shape index (κ1) is 11.4. The highest BCUT2D eigenvalue weighted by Crippen LogP contribution is 2.18. The third-order valence-electron chi connectivity index (χ3n) is 1.81. The summed E-state index contributed by atoms with van der Waals surface area (Å²) in [5.41, 5.74) is -0.176. The molecule has 0 bridgehead atoms. The van der Waals surface area contributed by atoms with Crippen LogP contribution in [0.1, 0.15) is 12.8 Å². The second kappa shape index (κ2) is 5.30. The van der Waals surface area contributed by atoms with Gasteiger partial charge in [-0.3, -0.25) is 0 Å². The van der Waals surface area contributed by atoms with Gasteiger partial charge in [-0.15, -0.1) is 12.3 Å². The highest BCUT2D eigenvalue weighted by molar-refractivity contribution is 5.45. The maximum atomic E-state index is 13.0. The fourth-order valence-electron chi connectivity index (χ4n) is 1.10. The van der Waals surface area contributed by atoms with Crippen molar-refractivity contribution in [2.75, 3.05) is 11.9 Å². The lowest BCUT2D eigenvalue weighted by molar-refractivity contribution is 0.497. The summed E-state index contributed by atoms with van der Waals surface area (Å²) in [6.07, 6.45) is 6.17. The van der Waals surface area contributed by atoms with Crippen molar-refractivity contribution in [3.05, 3.63) is 29.6 Å². The predicted octanol–water partition coefficient (Wildman–Crippen LogP) is 2.93. The average Bonchev–Trinajstić information content (AvgIpc) is 2.19. The second-order valence-electron chi connectivity index (χ2n) is 2.98. The third-order valence-corrected chi connectivity index (χ3v) is 1.81. The molecule has 80 valence electrons. The number of unbranched alkanes of at least 4 members (excludes halogenated alkanes) is 1. The minimum atomic E-state index is -1.20. The van der Waals surface area contributed by atoms with E-state index in [1.54, 1.807) is 0 Å². The van der Waals surface area contributed by atoms with Crippen LogP contribution in [0, 0.1) is 29.8 Å². The highest BCUT2D eigenvalue weighted by atomic mass is 19.2. The van der Waals surface area contributed by atoms with E-state index in [4.69, 9.17) is 6.42 Å². The summed E-state index contributed by atoms with van der Waals surface area (Å²) < 4.78 is 38.5. The molecule has 1 aromatic rings. The number of anilines is 1. The summed E-state index contributed by atoms with van der Waals surface area (Å²) in [6, 6.07) is 1.41. The van der Waals surface area contributed by atoms with Crippen molar-refractivity contribution in [3.8, 4) is 12.3 Å². The molecule has 0 fully saturated rings. The van der Waals surface area contributed by atoms with Gasteiger partial charge in [0.1, 0.15) is 5.82 Å². The Labute approximate surface area is 86.3 Å². The van der Waals surface area contributed by atoms with Gasteiger partial charge < -0.3 is 5.32 Å². The van der Waals surface area contributed by atoms with Gasteiger partial charge in [-0.2, -0.15) is 0 Å². The summed E-state index contributed by atoms with van der Waals surface area (Å²) in [6.45, 7) is 0.379. The number of nitrogens with one attached hydrogen (secondary N) is 1. The maximum Gasteiger partial charge on any atom is 0.182 e. The van der Waals surface area contributed by atoms with Gasteiger partial charge in [0.2, 0.25) is 0 Å². The van der Waals surface area contributed by atoms with Crippen molar-refractivity contribution in [2.24, 2.45) is 0 Å². The monoisotopic (exact) mass is 213 g/mol. The topological polar surface area (TPSA) is 12.0 Å². The van der Waals surface area contributed by atoms with Crippen LogP contribution < -0.4 is 5.32 Å². The molecule has 0 aliphatic heterocycles. The van der Waals surface area contributed by atoms with Crippen molar-refractivity contribution in [1.29, 1.82) is 0 Å². The van der Waals surface area contributed by atoms with Crippen molar-refractivity contribution >= 4 is 5.69 Å². The number of rotatable bonds is 4. The zero-order chi connectivity index (χ0) is 11.3. The lowest BCUT2D eigenvalue weighted by atomic mass is 10.2. The van der Waals surface area contributed by atoms with Gasteiger partial charge in [0.05, 0.1) is 5.69 Å². The number of hydrogen-bond donors (Lipinski definition) is 1. The normalized spacial score (nSPS) is 9.73. The van der Waals surface area contributed by atoms with Crippen molar-refractivity contribution in [1.82, 2.24) is 0 Å². The molecule has 0 heterocycles. The molecule has 0 aromatic heterocycles. The van der Waals surface area contributed by atoms with Crippen LogP contribution in [0.25, 0.3) is 0 Å². The van der Waals surface area contributed by atoms with E-state index < -0.39 is 17.5 Å². The first-order valence-corrected chi connectivity index (χ1v) is 4.47. The SMILES string of the molecule is C#CCCCNc1cc(F)cc(F)c1F. The average molecular weight is 213 g/mol. The Bertz CT molecular complexity index is 382. The van der Waals surface area contributed by atoms with Crippen LogP contribution in [-0.4, -0.2) is 6.54 Å². The van der Waals surface area contributed by atoms with E-state index >= 15 is 0 Å². The Kier molecular flexibility index (Phi) is 4.04. The first-order chi connectivity index (χ1) is 7.15. The number of benzene rings is 1. The zero-order valence-corrected chi connectivity index (χ0v) is 7.99. The molecule has 0 aliphatic carbocycles. The molecule has 0 atom stereocenters. The van der Waals surface area contributed by atoms with Crippen LogP contribution >= 0.6 is 0 Å². The lowest BCUT2D eigenvalue weighted by Crippen LogP contribution is -2.05. The lowest BCUT2D eigenvalue weighted by Gasteiger charge is -2.07. The van der Waals surface area contributed by atoms with Gasteiger partial charge in [-0.25, -0.2) is 13.2 Å². The fraction of sp³-hybridized carbons (Fsp3) is 0.273. The molecular weight excluding hydrogens is 203 g/mol. The summed E-state index contributed by atoms with van der Waals surface area (Å²) in [7, 11) is 0. The number of hydrogen-bond acceptors (Lipinski definition) is 1. The van der Waals surface area contributed by atoms with Crippen molar-refractivity contribution < 1.29 is 13.2 Å². The molecular formula is C11H10F3N. The Morgan fingerprint density at radius 1 is 1.27 bits per heavy atom. The smallest absolute Gasteiger partial charge is 0.182 e. The molecule has 0 aliphatic rings. The van der Waals surface area contributed by atoms with Gasteiger partial charge in [0.15, 0.2) is 11.6 Å². The van der Waals surface area contributed by atoms with E-state index in [-0.39, 0.29) is 5.69 Å². The molecule has 4 heteroatoms. The molecule has 1 N–H and O–H groups in total. The Hall–Kier alpha value is -1.63. The third kappa shape index (κ3) is 3.21. The highest BCUT2D eigenvalue weighted by Gasteiger charge is 2.09. The van der Waals surface area contributed by atoms with Gasteiger partial charge >= 0.3 is 0 Å². The standard InChI is InChI=1S/C11H10F3N/c1-2-3-4-5-15-10-7-8(12)6-9(13)11(10)14/h1,6-7,15H,3-5H2. The summed E-state index contributed by atoms with van der Waals surface area (Å²) in [4.78, 5) is 0. The fourth-order valence-corrected chi connectivity index (χ4v) is 1.10. The molecule has 0 spiro atoms. The maximum absolute atomic E-state index is 13.0. The summed E-state index contributed by atoms with van der Waals surface area (Å²) in [5, 5.41) is 2.58. The molecule has 1 rings (SSSR count). The predicted molar refractivity (Wildman–Crippen MR) is 52.9 cm³/mol. The van der Waals surface area contributed by atoms with Crippen LogP contribution in [0.2, 0.25) is 0 Å². The van der Waals surface area contributed by atoms with Crippen LogP contribution in [0.3, 0.4) is 0 Å². The number of terminal acetylenes is 1. The Morgan fingerprint density at radius 3 is 2.67 bits per heavy atom. The Morgan fingerprint density at radius 2 is 2.00 bits per heavy atom. The van der Waals surface area contributed by atoms with Crippen molar-refractivity contribution in [3.63, 3.8) is 0 Å². The quantitative estimate of drug-likeness (QED) is 0.460. The van der Waals surface area contributed by atoms with Crippen LogP contribution in [-0.2, 0) is 0 Å². The largest absolute Gasteiger partial charge is 0.382 e. The molecule has 0 saturated heterocycles. The van der Waals surface area contributed by atoms with E-state index in [1.807, 2.05) is 0 Å². The Balaban J connectivity index is 2.65. The minimum absolute atomic E-state index is 0.176. The first-order valence-electron chi connectivity index (χ1n) is 4.47. The van der Waals surface area contributed by atoms with Gasteiger partial charge in [0, 0.05) is 25.1 Å². The van der Waals surface area contributed by atoms with E-state index in [2.05, 4.69) is 11.2 Å². The van der Waals surface area contributed by atoms with Gasteiger partial charge in [0.25, 0.3) is 0 Å². The molecule has 0 amide bonds. The molecule has 0 radical (unpaired) electrons. The van der Waals surface area contributed by atoms with E-state index in [0.29, 0.717) is 25.5 Å². The summed E-state index contributed by atoms with van der Waals surface area (Å²) >= 11 is 0. The van der Waals surface area contributed by atoms with Crippen LogP contribution in [0.4, 0.5) is 18.9 Å². The van der Waals surface area contributed by atoms with E-state index in [1.165, 1.54) is 0 Å². The molecule has 1 nitrogen and oxygen atoms in total. The minimum Gasteiger partial charge on any atom is -0.382 e. The second-order valence-corrected chi connectivity index (χ2v) is 2.98. The van der Waals surface area contributed by atoms with Crippen molar-refractivity contribution in [2.45, 2.75) is 12.8 Å². The van der Waals surface area contributed by atoms with E-state index in [9.17, 15) is 13.2 Å².